The molecule has 0 aromatic carbocycles. The molecule has 1 heterocycles. The number of unbranched alkanes of at least 4 members (excludes halogenated alkanes) is 1. The van der Waals surface area contributed by atoms with Crippen molar-refractivity contribution in [2.24, 2.45) is 11.7 Å². The molecular weight excluding hydrogens is 208 g/mol. The quantitative estimate of drug-likeness (QED) is 0.531. The molecule has 0 amide bonds. The highest BCUT2D eigenvalue weighted by Crippen LogP contribution is 2.19. The van der Waals surface area contributed by atoms with Gasteiger partial charge >= 0.3 is 0 Å². The van der Waals surface area contributed by atoms with Gasteiger partial charge in [-0.2, -0.15) is 0 Å². The van der Waals surface area contributed by atoms with E-state index in [4.69, 9.17) is 18.0 Å². The summed E-state index contributed by atoms with van der Waals surface area (Å²) < 4.78 is 0. The minimum atomic E-state index is -0.161. The fourth-order valence-corrected chi connectivity index (χ4v) is 2.24. The molecule has 88 valence electrons. The van der Waals surface area contributed by atoms with Crippen LogP contribution in [0.15, 0.2) is 0 Å². The fraction of sp³-hybridized carbons (Fsp3) is 0.909. The lowest BCUT2D eigenvalue weighted by Crippen LogP contribution is -2.25. The third-order valence-corrected chi connectivity index (χ3v) is 3.34. The Kier molecular flexibility index (Phi) is 5.50. The van der Waals surface area contributed by atoms with Crippen molar-refractivity contribution in [3.8, 4) is 0 Å². The monoisotopic (exact) mass is 230 g/mol. The Balaban J connectivity index is 2.06. The van der Waals surface area contributed by atoms with Gasteiger partial charge in [-0.15, -0.1) is 0 Å². The van der Waals surface area contributed by atoms with Crippen LogP contribution in [0.5, 0.6) is 0 Å². The van der Waals surface area contributed by atoms with E-state index < -0.39 is 0 Å². The van der Waals surface area contributed by atoms with Crippen LogP contribution in [-0.4, -0.2) is 40.7 Å². The maximum Gasteiger partial charge on any atom is 0.0727 e. The molecule has 1 aliphatic heterocycles. The van der Waals surface area contributed by atoms with Gasteiger partial charge in [0.2, 0.25) is 0 Å². The van der Waals surface area contributed by atoms with E-state index in [0.717, 1.165) is 45.3 Å². The second-order valence-corrected chi connectivity index (χ2v) is 5.04. The van der Waals surface area contributed by atoms with Crippen LogP contribution in [0.1, 0.15) is 32.6 Å². The topological polar surface area (TPSA) is 49.5 Å². The van der Waals surface area contributed by atoms with Crippen molar-refractivity contribution in [1.29, 1.82) is 0 Å². The number of hydrogen-bond donors (Lipinski definition) is 2. The summed E-state index contributed by atoms with van der Waals surface area (Å²) in [7, 11) is 0. The largest absolute Gasteiger partial charge is 0.393 e. The van der Waals surface area contributed by atoms with Gasteiger partial charge in [-0.1, -0.05) is 12.2 Å². The summed E-state index contributed by atoms with van der Waals surface area (Å²) in [5, 5.41) is 9.45. The minimum absolute atomic E-state index is 0.161. The molecular formula is C11H22N2OS. The van der Waals surface area contributed by atoms with Gasteiger partial charge in [-0.05, 0) is 51.6 Å². The Morgan fingerprint density at radius 3 is 2.87 bits per heavy atom. The molecule has 3 N–H and O–H groups in total. The van der Waals surface area contributed by atoms with Crippen molar-refractivity contribution in [3.05, 3.63) is 0 Å². The Hall–Kier alpha value is -0.190. The van der Waals surface area contributed by atoms with Crippen LogP contribution in [0.2, 0.25) is 0 Å². The van der Waals surface area contributed by atoms with Crippen LogP contribution < -0.4 is 5.73 Å². The van der Waals surface area contributed by atoms with Crippen molar-refractivity contribution in [2.75, 3.05) is 19.6 Å². The van der Waals surface area contributed by atoms with Crippen LogP contribution in [-0.2, 0) is 0 Å². The number of hydrogen-bond acceptors (Lipinski definition) is 3. The van der Waals surface area contributed by atoms with Crippen molar-refractivity contribution < 1.29 is 5.11 Å². The first kappa shape index (κ1) is 12.9. The number of rotatable bonds is 6. The molecule has 0 saturated carbocycles. The molecule has 3 nitrogen and oxygen atoms in total. The second-order valence-electron chi connectivity index (χ2n) is 4.51. The molecule has 0 aromatic rings. The number of nitrogens with two attached hydrogens (primary N) is 1. The van der Waals surface area contributed by atoms with Gasteiger partial charge in [-0.25, -0.2) is 0 Å². The molecule has 2 atom stereocenters. The number of likely N-dealkylation sites (tertiary alicyclic amines) is 1. The molecule has 0 aromatic heterocycles. The highest BCUT2D eigenvalue weighted by Gasteiger charge is 2.25. The SMILES string of the molecule is CC(O)C1CCN(CCCCC(N)=S)C1. The van der Waals surface area contributed by atoms with Crippen LogP contribution in [0, 0.1) is 5.92 Å². The zero-order valence-electron chi connectivity index (χ0n) is 9.48. The van der Waals surface area contributed by atoms with Crippen LogP contribution >= 0.6 is 12.2 Å². The summed E-state index contributed by atoms with van der Waals surface area (Å²) in [6.45, 7) is 5.18. The number of aliphatic hydroxyl groups is 1. The molecule has 0 radical (unpaired) electrons. The van der Waals surface area contributed by atoms with Crippen molar-refractivity contribution >= 4 is 17.2 Å². The smallest absolute Gasteiger partial charge is 0.0727 e. The summed E-state index contributed by atoms with van der Waals surface area (Å²) in [6, 6.07) is 0. The Morgan fingerprint density at radius 2 is 2.33 bits per heavy atom. The normalized spacial score (nSPS) is 24.3. The third-order valence-electron chi connectivity index (χ3n) is 3.14. The van der Waals surface area contributed by atoms with Gasteiger partial charge < -0.3 is 15.7 Å². The van der Waals surface area contributed by atoms with E-state index in [2.05, 4.69) is 4.90 Å². The first-order chi connectivity index (χ1) is 7.09. The maximum absolute atomic E-state index is 9.45. The predicted molar refractivity (Wildman–Crippen MR) is 66.9 cm³/mol. The summed E-state index contributed by atoms with van der Waals surface area (Å²) in [6.07, 6.45) is 4.08. The van der Waals surface area contributed by atoms with Crippen LogP contribution in [0.25, 0.3) is 0 Å². The van der Waals surface area contributed by atoms with Crippen molar-refractivity contribution in [2.45, 2.75) is 38.7 Å². The van der Waals surface area contributed by atoms with E-state index >= 15 is 0 Å². The zero-order valence-corrected chi connectivity index (χ0v) is 10.3. The lowest BCUT2D eigenvalue weighted by molar-refractivity contribution is 0.127. The predicted octanol–water partition coefficient (Wildman–Crippen LogP) is 1.15. The van der Waals surface area contributed by atoms with E-state index in [0.29, 0.717) is 10.9 Å². The van der Waals surface area contributed by atoms with Crippen molar-refractivity contribution in [1.82, 2.24) is 4.90 Å². The second kappa shape index (κ2) is 6.40. The zero-order chi connectivity index (χ0) is 11.3. The molecule has 1 rings (SSSR count). The van der Waals surface area contributed by atoms with Crippen molar-refractivity contribution in [3.63, 3.8) is 0 Å². The highest BCUT2D eigenvalue weighted by molar-refractivity contribution is 7.80. The molecule has 0 spiro atoms. The standard InChI is InChI=1S/C11H22N2OS/c1-9(14)10-5-7-13(8-10)6-3-2-4-11(12)15/h9-10,14H,2-8H2,1H3,(H2,12,15). The van der Waals surface area contributed by atoms with E-state index in [-0.39, 0.29) is 6.10 Å². The average Bonchev–Trinajstić information content (AvgIpc) is 2.60. The Labute approximate surface area is 97.6 Å². The number of aliphatic hydroxyl groups excluding tert-OH is 1. The summed E-state index contributed by atoms with van der Waals surface area (Å²) in [5.74, 6) is 0.473. The number of nitrogens with zero attached hydrogens (tertiary/aromatic N) is 1. The minimum Gasteiger partial charge on any atom is -0.393 e. The molecule has 1 aliphatic rings. The van der Waals surface area contributed by atoms with E-state index in [9.17, 15) is 5.11 Å². The lowest BCUT2D eigenvalue weighted by atomic mass is 10.0. The molecule has 4 heteroatoms. The molecule has 2 unspecified atom stereocenters. The van der Waals surface area contributed by atoms with E-state index in [1.165, 1.54) is 0 Å². The van der Waals surface area contributed by atoms with Gasteiger partial charge in [0.1, 0.15) is 0 Å². The fourth-order valence-electron chi connectivity index (χ4n) is 2.09. The van der Waals surface area contributed by atoms with Crippen LogP contribution in [0.3, 0.4) is 0 Å². The molecule has 0 bridgehead atoms. The van der Waals surface area contributed by atoms with E-state index in [1.54, 1.807) is 0 Å². The van der Waals surface area contributed by atoms with Gasteiger partial charge in [0, 0.05) is 6.54 Å². The molecule has 0 aliphatic carbocycles. The van der Waals surface area contributed by atoms with Gasteiger partial charge in [-0.3, -0.25) is 0 Å². The molecule has 1 fully saturated rings. The third kappa shape index (κ3) is 4.91. The lowest BCUT2D eigenvalue weighted by Gasteiger charge is -2.16. The first-order valence-corrected chi connectivity index (χ1v) is 6.19. The first-order valence-electron chi connectivity index (χ1n) is 5.78. The number of thiocarbonyl (C=S) groups is 1. The summed E-state index contributed by atoms with van der Waals surface area (Å²) >= 11 is 4.83. The Bertz CT molecular complexity index is 209. The highest BCUT2D eigenvalue weighted by atomic mass is 32.1. The summed E-state index contributed by atoms with van der Waals surface area (Å²) in [5.41, 5.74) is 5.43. The van der Waals surface area contributed by atoms with Gasteiger partial charge in [0.05, 0.1) is 11.1 Å². The Morgan fingerprint density at radius 1 is 1.60 bits per heavy atom. The molecule has 1 saturated heterocycles. The van der Waals surface area contributed by atoms with Gasteiger partial charge in [0.25, 0.3) is 0 Å². The maximum atomic E-state index is 9.45. The van der Waals surface area contributed by atoms with E-state index in [1.807, 2.05) is 6.92 Å². The van der Waals surface area contributed by atoms with Crippen LogP contribution in [0.4, 0.5) is 0 Å². The average molecular weight is 230 g/mol. The summed E-state index contributed by atoms with van der Waals surface area (Å²) in [4.78, 5) is 3.05. The molecule has 15 heavy (non-hydrogen) atoms. The van der Waals surface area contributed by atoms with Gasteiger partial charge in [0.15, 0.2) is 0 Å².